The maximum Gasteiger partial charge on any atom is 0.417 e. The molecule has 1 aromatic rings. The van der Waals surface area contributed by atoms with Crippen LogP contribution in [-0.2, 0) is 0 Å². The molecule has 1 aliphatic heterocycles. The number of piperidine rings is 1. The molecule has 122 valence electrons. The van der Waals surface area contributed by atoms with Gasteiger partial charge in [-0.25, -0.2) is 4.39 Å². The van der Waals surface area contributed by atoms with Crippen molar-refractivity contribution in [1.82, 2.24) is 4.90 Å². The van der Waals surface area contributed by atoms with Gasteiger partial charge in [-0.2, -0.15) is 13.2 Å². The van der Waals surface area contributed by atoms with Crippen LogP contribution in [0.2, 0.25) is 5.02 Å². The maximum absolute atomic E-state index is 13.3. The summed E-state index contributed by atoms with van der Waals surface area (Å²) in [5.74, 6) is -2.33. The van der Waals surface area contributed by atoms with Crippen molar-refractivity contribution in [2.45, 2.75) is 24.6 Å². The Balaban J connectivity index is 2.17. The van der Waals surface area contributed by atoms with Crippen molar-refractivity contribution in [2.24, 2.45) is 0 Å². The smallest absolute Gasteiger partial charge is 0.417 e. The van der Waals surface area contributed by atoms with Gasteiger partial charge in [0.15, 0.2) is 5.60 Å². The molecule has 2 N–H and O–H groups in total. The summed E-state index contributed by atoms with van der Waals surface area (Å²) in [6.45, 7) is -0.745. The maximum atomic E-state index is 13.3. The highest BCUT2D eigenvalue weighted by molar-refractivity contribution is 6.32. The molecule has 0 radical (unpaired) electrons. The molecule has 0 bridgehead atoms. The standard InChI is InChI=1S/C13H12ClF4NO3/c14-9-6-7(15)5-8(10(9)20)11(21)19-3-1-12(22,2-4-19)13(16,17)18/h5-6,20,22H,1-4H2. The highest BCUT2D eigenvalue weighted by Crippen LogP contribution is 2.39. The summed E-state index contributed by atoms with van der Waals surface area (Å²) >= 11 is 5.56. The number of halogens is 5. The molecule has 0 atom stereocenters. The number of hydrogen-bond donors (Lipinski definition) is 2. The van der Waals surface area contributed by atoms with E-state index in [9.17, 15) is 32.6 Å². The minimum atomic E-state index is -4.79. The number of benzene rings is 1. The van der Waals surface area contributed by atoms with Gasteiger partial charge in [0, 0.05) is 25.9 Å². The van der Waals surface area contributed by atoms with Crippen LogP contribution in [0.4, 0.5) is 17.6 Å². The molecule has 0 saturated carbocycles. The summed E-state index contributed by atoms with van der Waals surface area (Å²) in [7, 11) is 0. The highest BCUT2D eigenvalue weighted by Gasteiger charge is 2.55. The van der Waals surface area contributed by atoms with E-state index in [2.05, 4.69) is 0 Å². The number of nitrogens with zero attached hydrogens (tertiary/aromatic N) is 1. The third kappa shape index (κ3) is 2.98. The van der Waals surface area contributed by atoms with E-state index < -0.39 is 47.7 Å². The molecule has 9 heteroatoms. The van der Waals surface area contributed by atoms with Crippen LogP contribution in [0.25, 0.3) is 0 Å². The number of aromatic hydroxyl groups is 1. The van der Waals surface area contributed by atoms with Crippen LogP contribution in [-0.4, -0.2) is 45.9 Å². The van der Waals surface area contributed by atoms with Crippen LogP contribution >= 0.6 is 11.6 Å². The summed E-state index contributed by atoms with van der Waals surface area (Å²) in [5.41, 5.74) is -3.27. The Morgan fingerprint density at radius 3 is 2.32 bits per heavy atom. The summed E-state index contributed by atoms with van der Waals surface area (Å²) in [4.78, 5) is 13.2. The van der Waals surface area contributed by atoms with Gasteiger partial charge in [-0.15, -0.1) is 0 Å². The predicted octanol–water partition coefficient (Wildman–Crippen LogP) is 2.71. The Hall–Kier alpha value is -1.54. The second-order valence-corrected chi connectivity index (χ2v) is 5.51. The molecule has 1 heterocycles. The number of likely N-dealkylation sites (tertiary alicyclic amines) is 1. The normalized spacial score (nSPS) is 18.4. The van der Waals surface area contributed by atoms with Gasteiger partial charge >= 0.3 is 6.18 Å². The van der Waals surface area contributed by atoms with Crippen molar-refractivity contribution in [2.75, 3.05) is 13.1 Å². The van der Waals surface area contributed by atoms with E-state index in [0.29, 0.717) is 0 Å². The second-order valence-electron chi connectivity index (χ2n) is 5.11. The van der Waals surface area contributed by atoms with E-state index in [1.807, 2.05) is 0 Å². The number of carbonyl (C=O) groups excluding carboxylic acids is 1. The number of hydrogen-bond acceptors (Lipinski definition) is 3. The van der Waals surface area contributed by atoms with Gasteiger partial charge in [0.1, 0.15) is 11.6 Å². The predicted molar refractivity (Wildman–Crippen MR) is 69.2 cm³/mol. The molecule has 0 aliphatic carbocycles. The monoisotopic (exact) mass is 341 g/mol. The lowest BCUT2D eigenvalue weighted by Crippen LogP contribution is -2.54. The van der Waals surface area contributed by atoms with Crippen LogP contribution in [0.1, 0.15) is 23.2 Å². The molecule has 1 fully saturated rings. The number of phenols is 1. The van der Waals surface area contributed by atoms with Crippen molar-refractivity contribution < 1.29 is 32.6 Å². The van der Waals surface area contributed by atoms with Crippen molar-refractivity contribution in [3.8, 4) is 5.75 Å². The Morgan fingerprint density at radius 2 is 1.82 bits per heavy atom. The van der Waals surface area contributed by atoms with Crippen LogP contribution < -0.4 is 0 Å². The van der Waals surface area contributed by atoms with Gasteiger partial charge in [-0.05, 0) is 12.1 Å². The number of amides is 1. The first-order valence-electron chi connectivity index (χ1n) is 6.31. The first kappa shape index (κ1) is 16.8. The minimum absolute atomic E-state index is 0.368. The summed E-state index contributed by atoms with van der Waals surface area (Å²) in [5, 5.41) is 18.8. The lowest BCUT2D eigenvalue weighted by atomic mass is 9.90. The fourth-order valence-corrected chi connectivity index (χ4v) is 2.47. The Labute approximate surface area is 127 Å². The number of rotatable bonds is 1. The van der Waals surface area contributed by atoms with Crippen LogP contribution in [0.15, 0.2) is 12.1 Å². The fourth-order valence-electron chi connectivity index (χ4n) is 2.26. The SMILES string of the molecule is O=C(c1cc(F)cc(Cl)c1O)N1CCC(O)(C(F)(F)F)CC1. The lowest BCUT2D eigenvalue weighted by Gasteiger charge is -2.39. The van der Waals surface area contributed by atoms with Crippen molar-refractivity contribution in [3.63, 3.8) is 0 Å². The van der Waals surface area contributed by atoms with Crippen LogP contribution in [0.5, 0.6) is 5.75 Å². The topological polar surface area (TPSA) is 60.8 Å². The van der Waals surface area contributed by atoms with Crippen LogP contribution in [0, 0.1) is 5.82 Å². The molecule has 1 amide bonds. The molecule has 1 aliphatic rings. The Morgan fingerprint density at radius 1 is 1.27 bits per heavy atom. The van der Waals surface area contributed by atoms with Crippen molar-refractivity contribution in [1.29, 1.82) is 0 Å². The third-order valence-electron chi connectivity index (χ3n) is 3.66. The zero-order valence-corrected chi connectivity index (χ0v) is 11.9. The molecule has 1 aromatic carbocycles. The Bertz CT molecular complexity index is 598. The average molecular weight is 342 g/mol. The van der Waals surface area contributed by atoms with E-state index in [1.165, 1.54) is 0 Å². The quantitative estimate of drug-likeness (QED) is 0.772. The molecule has 4 nitrogen and oxygen atoms in total. The zero-order chi connectivity index (χ0) is 16.7. The Kier molecular flexibility index (Phi) is 4.27. The van der Waals surface area contributed by atoms with E-state index in [0.717, 1.165) is 17.0 Å². The number of alkyl halides is 3. The summed E-state index contributed by atoms with van der Waals surface area (Å²) in [6, 6.07) is 1.57. The van der Waals surface area contributed by atoms with Gasteiger partial charge in [0.2, 0.25) is 0 Å². The summed E-state index contributed by atoms with van der Waals surface area (Å²) in [6.07, 6.45) is -6.16. The largest absolute Gasteiger partial charge is 0.506 e. The van der Waals surface area contributed by atoms with Gasteiger partial charge in [0.25, 0.3) is 5.91 Å². The van der Waals surface area contributed by atoms with E-state index in [4.69, 9.17) is 11.6 Å². The van der Waals surface area contributed by atoms with E-state index in [-0.39, 0.29) is 18.1 Å². The molecule has 0 aromatic heterocycles. The number of aliphatic hydroxyl groups is 1. The molecule has 1 saturated heterocycles. The van der Waals surface area contributed by atoms with E-state index >= 15 is 0 Å². The van der Waals surface area contributed by atoms with Crippen molar-refractivity contribution in [3.05, 3.63) is 28.5 Å². The molecule has 22 heavy (non-hydrogen) atoms. The van der Waals surface area contributed by atoms with E-state index in [1.54, 1.807) is 0 Å². The number of carbonyl (C=O) groups is 1. The van der Waals surface area contributed by atoms with Gasteiger partial charge in [0.05, 0.1) is 10.6 Å². The number of phenolic OH excluding ortho intramolecular Hbond substituents is 1. The molecule has 0 unspecified atom stereocenters. The third-order valence-corrected chi connectivity index (χ3v) is 3.95. The molecule has 2 rings (SSSR count). The first-order valence-corrected chi connectivity index (χ1v) is 6.69. The fraction of sp³-hybridized carbons (Fsp3) is 0.462. The van der Waals surface area contributed by atoms with Gasteiger partial charge in [-0.3, -0.25) is 4.79 Å². The lowest BCUT2D eigenvalue weighted by molar-refractivity contribution is -0.271. The van der Waals surface area contributed by atoms with Crippen LogP contribution in [0.3, 0.4) is 0 Å². The second kappa shape index (κ2) is 5.58. The van der Waals surface area contributed by atoms with Gasteiger partial charge < -0.3 is 15.1 Å². The zero-order valence-electron chi connectivity index (χ0n) is 11.1. The molecule has 0 spiro atoms. The minimum Gasteiger partial charge on any atom is -0.506 e. The molecular formula is C13H12ClF4NO3. The summed E-state index contributed by atoms with van der Waals surface area (Å²) < 4.78 is 51.3. The highest BCUT2D eigenvalue weighted by atomic mass is 35.5. The average Bonchev–Trinajstić information content (AvgIpc) is 2.41. The first-order chi connectivity index (χ1) is 10.0. The van der Waals surface area contributed by atoms with Crippen molar-refractivity contribution >= 4 is 17.5 Å². The van der Waals surface area contributed by atoms with Gasteiger partial charge in [-0.1, -0.05) is 11.6 Å². The molecular weight excluding hydrogens is 330 g/mol.